The van der Waals surface area contributed by atoms with Crippen molar-refractivity contribution in [1.29, 1.82) is 0 Å². The second-order valence-electron chi connectivity index (χ2n) is 10.4. The smallest absolute Gasteiger partial charge is 0.181 e. The van der Waals surface area contributed by atoms with E-state index >= 15 is 4.39 Å². The van der Waals surface area contributed by atoms with E-state index in [0.717, 1.165) is 54.9 Å². The molecule has 2 saturated heterocycles. The van der Waals surface area contributed by atoms with Crippen LogP contribution in [0, 0.1) is 5.82 Å². The molecule has 0 radical (unpaired) electrons. The summed E-state index contributed by atoms with van der Waals surface area (Å²) in [5.74, 6) is 1.58. The van der Waals surface area contributed by atoms with E-state index < -0.39 is 0 Å². The van der Waals surface area contributed by atoms with Gasteiger partial charge in [0.1, 0.15) is 35.3 Å². The summed E-state index contributed by atoms with van der Waals surface area (Å²) >= 11 is 0. The molecule has 1 atom stereocenters. The molecule has 4 heterocycles. The van der Waals surface area contributed by atoms with Crippen LogP contribution in [-0.4, -0.2) is 65.4 Å². The van der Waals surface area contributed by atoms with Crippen LogP contribution in [0.4, 0.5) is 10.1 Å². The van der Waals surface area contributed by atoms with Gasteiger partial charge in [-0.05, 0) is 80.2 Å². The first-order valence-corrected chi connectivity index (χ1v) is 14.0. The molecule has 2 aromatic heterocycles. The van der Waals surface area contributed by atoms with E-state index in [-0.39, 0.29) is 11.9 Å². The van der Waals surface area contributed by atoms with Crippen LogP contribution in [0.5, 0.6) is 5.75 Å². The summed E-state index contributed by atoms with van der Waals surface area (Å²) in [4.78, 5) is 19.1. The number of anilines is 1. The normalized spacial score (nSPS) is 17.5. The summed E-state index contributed by atoms with van der Waals surface area (Å²) < 4.78 is 27.0. The molecule has 0 unspecified atom stereocenters. The van der Waals surface area contributed by atoms with Gasteiger partial charge in [-0.25, -0.2) is 19.3 Å². The lowest BCUT2D eigenvalue weighted by molar-refractivity contribution is 0.122. The minimum absolute atomic E-state index is 0.232. The highest BCUT2D eigenvalue weighted by atomic mass is 19.1. The summed E-state index contributed by atoms with van der Waals surface area (Å²) in [6.07, 6.45) is 4.80. The van der Waals surface area contributed by atoms with Gasteiger partial charge in [0.25, 0.3) is 0 Å². The molecule has 2 aliphatic heterocycles. The van der Waals surface area contributed by atoms with Gasteiger partial charge in [-0.15, -0.1) is 0 Å². The Morgan fingerprint density at radius 3 is 2.64 bits per heavy atom. The maximum atomic E-state index is 15.1. The third kappa shape index (κ3) is 5.33. The Labute approximate surface area is 228 Å². The predicted molar refractivity (Wildman–Crippen MR) is 151 cm³/mol. The number of rotatable bonds is 7. The number of fused-ring (bicyclic) bond motifs is 1. The fourth-order valence-corrected chi connectivity index (χ4v) is 5.40. The Hall–Kier alpha value is -3.56. The Bertz CT molecular complexity index is 1440. The van der Waals surface area contributed by atoms with E-state index in [0.29, 0.717) is 54.9 Å². The van der Waals surface area contributed by atoms with Crippen LogP contribution < -0.4 is 15.0 Å². The van der Waals surface area contributed by atoms with Crippen molar-refractivity contribution in [3.63, 3.8) is 0 Å². The standard InChI is InChI=1S/C30H35FN6O2/c1-3-19(2)23-16-20(5-7-26(23)39-22-8-10-32-11-9-22)27-28-30(34-18-33-27)36-29(35-28)21-4-6-25(24(31)17-21)37-12-14-38-15-13-37/h4-7,16-19,22,32H,3,8-15H2,1-2H3,(H,33,34,35,36)/t19-/m1/s1. The van der Waals surface area contributed by atoms with E-state index in [9.17, 15) is 0 Å². The first-order valence-electron chi connectivity index (χ1n) is 14.0. The van der Waals surface area contributed by atoms with Gasteiger partial charge in [0.2, 0.25) is 0 Å². The van der Waals surface area contributed by atoms with Crippen molar-refractivity contribution >= 4 is 16.9 Å². The number of aromatic amines is 1. The molecule has 8 nitrogen and oxygen atoms in total. The van der Waals surface area contributed by atoms with Gasteiger partial charge in [0.15, 0.2) is 5.65 Å². The van der Waals surface area contributed by atoms with Crippen LogP contribution in [-0.2, 0) is 4.74 Å². The number of H-pyrrole nitrogens is 1. The average molecular weight is 531 g/mol. The maximum Gasteiger partial charge on any atom is 0.181 e. The highest BCUT2D eigenvalue weighted by Crippen LogP contribution is 2.36. The number of nitrogens with one attached hydrogen (secondary N) is 2. The van der Waals surface area contributed by atoms with Crippen LogP contribution in [0.1, 0.15) is 44.6 Å². The van der Waals surface area contributed by atoms with Crippen molar-refractivity contribution in [2.24, 2.45) is 0 Å². The lowest BCUT2D eigenvalue weighted by Crippen LogP contribution is -2.36. The molecule has 0 aliphatic carbocycles. The Kier molecular flexibility index (Phi) is 7.43. The first kappa shape index (κ1) is 25.7. The van der Waals surface area contributed by atoms with Gasteiger partial charge >= 0.3 is 0 Å². The summed E-state index contributed by atoms with van der Waals surface area (Å²) in [6.45, 7) is 8.98. The van der Waals surface area contributed by atoms with Crippen molar-refractivity contribution < 1.29 is 13.9 Å². The largest absolute Gasteiger partial charge is 0.490 e. The predicted octanol–water partition coefficient (Wildman–Crippen LogP) is 5.31. The van der Waals surface area contributed by atoms with Gasteiger partial charge in [0.05, 0.1) is 24.6 Å². The van der Waals surface area contributed by atoms with Gasteiger partial charge in [0, 0.05) is 24.2 Å². The molecular weight excluding hydrogens is 495 g/mol. The first-order chi connectivity index (χ1) is 19.1. The number of aromatic nitrogens is 4. The average Bonchev–Trinajstić information content (AvgIpc) is 3.43. The summed E-state index contributed by atoms with van der Waals surface area (Å²) in [5, 5.41) is 3.40. The number of imidazole rings is 1. The molecule has 0 bridgehead atoms. The molecule has 0 spiro atoms. The van der Waals surface area contributed by atoms with E-state index in [1.165, 1.54) is 18.0 Å². The molecule has 0 saturated carbocycles. The fraction of sp³-hybridized carbons (Fsp3) is 0.433. The molecule has 2 fully saturated rings. The van der Waals surface area contributed by atoms with Crippen LogP contribution >= 0.6 is 0 Å². The second kappa shape index (κ2) is 11.3. The molecule has 9 heteroatoms. The topological polar surface area (TPSA) is 88.2 Å². The van der Waals surface area contributed by atoms with E-state index in [1.807, 2.05) is 17.0 Å². The molecule has 204 valence electrons. The Balaban J connectivity index is 1.33. The van der Waals surface area contributed by atoms with Gasteiger partial charge in [-0.3, -0.25) is 0 Å². The van der Waals surface area contributed by atoms with Gasteiger partial charge in [-0.2, -0.15) is 0 Å². The maximum absolute atomic E-state index is 15.1. The van der Waals surface area contributed by atoms with E-state index in [4.69, 9.17) is 9.47 Å². The zero-order valence-corrected chi connectivity index (χ0v) is 22.5. The van der Waals surface area contributed by atoms with Crippen LogP contribution in [0.15, 0.2) is 42.7 Å². The number of ether oxygens (including phenoxy) is 2. The van der Waals surface area contributed by atoms with Gasteiger partial charge < -0.3 is 24.7 Å². The monoisotopic (exact) mass is 530 g/mol. The van der Waals surface area contributed by atoms with Crippen molar-refractivity contribution in [1.82, 2.24) is 25.3 Å². The second-order valence-corrected chi connectivity index (χ2v) is 10.4. The number of benzene rings is 2. The zero-order chi connectivity index (χ0) is 26.8. The minimum atomic E-state index is -0.274. The van der Waals surface area contributed by atoms with Crippen molar-refractivity contribution in [3.8, 4) is 28.4 Å². The fourth-order valence-electron chi connectivity index (χ4n) is 5.40. The Morgan fingerprint density at radius 1 is 1.08 bits per heavy atom. The number of morpholine rings is 1. The number of piperidine rings is 1. The molecule has 39 heavy (non-hydrogen) atoms. The lowest BCUT2D eigenvalue weighted by Gasteiger charge is -2.29. The number of hydrogen-bond acceptors (Lipinski definition) is 7. The quantitative estimate of drug-likeness (QED) is 0.335. The molecule has 4 aromatic rings. The number of hydrogen-bond donors (Lipinski definition) is 2. The summed E-state index contributed by atoms with van der Waals surface area (Å²) in [7, 11) is 0. The van der Waals surface area contributed by atoms with Crippen LogP contribution in [0.25, 0.3) is 33.8 Å². The lowest BCUT2D eigenvalue weighted by atomic mass is 9.94. The summed E-state index contributed by atoms with van der Waals surface area (Å²) in [5.41, 5.74) is 5.45. The molecule has 2 aromatic carbocycles. The van der Waals surface area contributed by atoms with Crippen molar-refractivity contribution in [3.05, 3.63) is 54.1 Å². The number of halogens is 1. The molecule has 2 N–H and O–H groups in total. The Morgan fingerprint density at radius 2 is 1.87 bits per heavy atom. The highest BCUT2D eigenvalue weighted by Gasteiger charge is 2.21. The zero-order valence-electron chi connectivity index (χ0n) is 22.5. The summed E-state index contributed by atoms with van der Waals surface area (Å²) in [6, 6.07) is 11.6. The molecule has 6 rings (SSSR count). The number of nitrogens with zero attached hydrogens (tertiary/aromatic N) is 4. The molecular formula is C30H35FN6O2. The SMILES string of the molecule is CC[C@@H](C)c1cc(-c2ncnc3nc(-c4ccc(N5CCOCC5)c(F)c4)[nH]c23)ccc1OC1CCNCC1. The third-order valence-corrected chi connectivity index (χ3v) is 7.87. The molecule has 2 aliphatic rings. The minimum Gasteiger partial charge on any atom is -0.490 e. The van der Waals surface area contributed by atoms with Crippen LogP contribution in [0.3, 0.4) is 0 Å². The van der Waals surface area contributed by atoms with E-state index in [2.05, 4.69) is 57.3 Å². The van der Waals surface area contributed by atoms with Crippen LogP contribution in [0.2, 0.25) is 0 Å². The highest BCUT2D eigenvalue weighted by molar-refractivity contribution is 5.89. The van der Waals surface area contributed by atoms with Crippen molar-refractivity contribution in [2.45, 2.75) is 45.1 Å². The molecule has 0 amide bonds. The van der Waals surface area contributed by atoms with Crippen molar-refractivity contribution in [2.75, 3.05) is 44.3 Å². The van der Waals surface area contributed by atoms with Gasteiger partial charge in [-0.1, -0.05) is 13.8 Å². The van der Waals surface area contributed by atoms with E-state index in [1.54, 1.807) is 0 Å². The third-order valence-electron chi connectivity index (χ3n) is 7.87.